The third-order valence-corrected chi connectivity index (χ3v) is 6.21. The Balaban J connectivity index is 2.16. The Morgan fingerprint density at radius 3 is 2.33 bits per heavy atom. The maximum atomic E-state index is 12.9. The minimum Gasteiger partial charge on any atom is -0.378 e. The maximum Gasteiger partial charge on any atom is 0.237 e. The molecular formula is C22H31N3O2. The Labute approximate surface area is 162 Å². The standard InChI is InChI=1S/C22H31N3O2/c1-12(2)16-11-6-13(3)17-18(14-7-9-15(10-8-14)25(4)5)19(21(23)26)22(27)24-20(16)17/h7-10,12-13,16,18-19H,6,11H2,1-5H3,(H2,23,26)(H,24,27). The number of benzene rings is 1. The first-order valence-corrected chi connectivity index (χ1v) is 9.83. The molecular weight excluding hydrogens is 338 g/mol. The second-order valence-electron chi connectivity index (χ2n) is 8.53. The van der Waals surface area contributed by atoms with Gasteiger partial charge in [-0.25, -0.2) is 0 Å². The van der Waals surface area contributed by atoms with Crippen LogP contribution < -0.4 is 16.0 Å². The lowest BCUT2D eigenvalue weighted by molar-refractivity contribution is -0.134. The average Bonchev–Trinajstić information content (AvgIpc) is 2.60. The van der Waals surface area contributed by atoms with Crippen LogP contribution in [0.15, 0.2) is 35.5 Å². The molecule has 2 amide bonds. The number of anilines is 1. The van der Waals surface area contributed by atoms with Gasteiger partial charge in [0.2, 0.25) is 11.8 Å². The molecule has 3 N–H and O–H groups in total. The fourth-order valence-corrected chi connectivity index (χ4v) is 4.70. The van der Waals surface area contributed by atoms with Crippen molar-refractivity contribution in [3.63, 3.8) is 0 Å². The number of hydrogen-bond acceptors (Lipinski definition) is 3. The van der Waals surface area contributed by atoms with Crippen LogP contribution in [0.2, 0.25) is 0 Å². The van der Waals surface area contributed by atoms with E-state index in [1.807, 2.05) is 43.3 Å². The Morgan fingerprint density at radius 2 is 1.81 bits per heavy atom. The topological polar surface area (TPSA) is 75.4 Å². The van der Waals surface area contributed by atoms with Crippen LogP contribution in [-0.2, 0) is 9.59 Å². The van der Waals surface area contributed by atoms with Gasteiger partial charge in [-0.15, -0.1) is 0 Å². The number of amides is 2. The van der Waals surface area contributed by atoms with Gasteiger partial charge >= 0.3 is 0 Å². The molecule has 0 fully saturated rings. The van der Waals surface area contributed by atoms with E-state index in [1.54, 1.807) is 0 Å². The minimum absolute atomic E-state index is 0.261. The van der Waals surface area contributed by atoms with E-state index < -0.39 is 11.8 Å². The number of carbonyl (C=O) groups is 2. The fraction of sp³-hybridized carbons (Fsp3) is 0.545. The summed E-state index contributed by atoms with van der Waals surface area (Å²) in [6, 6.07) is 8.14. The van der Waals surface area contributed by atoms with Gasteiger partial charge in [0, 0.05) is 37.3 Å². The molecule has 3 rings (SSSR count). The Morgan fingerprint density at radius 1 is 1.19 bits per heavy atom. The molecule has 4 unspecified atom stereocenters. The highest BCUT2D eigenvalue weighted by Gasteiger charge is 2.46. The summed E-state index contributed by atoms with van der Waals surface area (Å²) in [6.07, 6.45) is 2.13. The molecule has 5 heteroatoms. The van der Waals surface area contributed by atoms with Gasteiger partial charge in [-0.2, -0.15) is 0 Å². The van der Waals surface area contributed by atoms with E-state index in [4.69, 9.17) is 5.73 Å². The van der Waals surface area contributed by atoms with E-state index in [-0.39, 0.29) is 11.8 Å². The summed E-state index contributed by atoms with van der Waals surface area (Å²) in [7, 11) is 3.98. The van der Waals surface area contributed by atoms with Crippen molar-refractivity contribution in [3.05, 3.63) is 41.1 Å². The summed E-state index contributed by atoms with van der Waals surface area (Å²) in [4.78, 5) is 27.2. The Hall–Kier alpha value is -2.30. The van der Waals surface area contributed by atoms with E-state index >= 15 is 0 Å². The molecule has 1 aliphatic heterocycles. The molecule has 0 saturated carbocycles. The molecule has 146 valence electrons. The van der Waals surface area contributed by atoms with Crippen LogP contribution in [0.5, 0.6) is 0 Å². The first kappa shape index (κ1) is 19.5. The number of carbonyl (C=O) groups excluding carboxylic acids is 2. The van der Waals surface area contributed by atoms with Gasteiger partial charge in [0.05, 0.1) is 0 Å². The van der Waals surface area contributed by atoms with Crippen molar-refractivity contribution < 1.29 is 9.59 Å². The number of allylic oxidation sites excluding steroid dienone is 2. The van der Waals surface area contributed by atoms with E-state index in [1.165, 1.54) is 5.57 Å². The lowest BCUT2D eigenvalue weighted by Gasteiger charge is -2.43. The smallest absolute Gasteiger partial charge is 0.237 e. The van der Waals surface area contributed by atoms with E-state index in [9.17, 15) is 9.59 Å². The van der Waals surface area contributed by atoms with Gasteiger partial charge in [0.25, 0.3) is 0 Å². The number of nitrogens with zero attached hydrogens (tertiary/aromatic N) is 1. The fourth-order valence-electron chi connectivity index (χ4n) is 4.70. The highest BCUT2D eigenvalue weighted by molar-refractivity contribution is 6.03. The summed E-state index contributed by atoms with van der Waals surface area (Å²) >= 11 is 0. The molecule has 1 heterocycles. The third kappa shape index (κ3) is 3.47. The number of hydrogen-bond donors (Lipinski definition) is 2. The van der Waals surface area contributed by atoms with E-state index in [0.717, 1.165) is 29.8 Å². The number of primary amides is 1. The molecule has 0 aromatic heterocycles. The van der Waals surface area contributed by atoms with Crippen LogP contribution in [0, 0.1) is 23.7 Å². The summed E-state index contributed by atoms with van der Waals surface area (Å²) in [6.45, 7) is 6.58. The average molecular weight is 370 g/mol. The maximum absolute atomic E-state index is 12.9. The first-order chi connectivity index (χ1) is 12.7. The highest BCUT2D eigenvalue weighted by Crippen LogP contribution is 2.48. The molecule has 0 saturated heterocycles. The van der Waals surface area contributed by atoms with Crippen molar-refractivity contribution in [2.24, 2.45) is 29.4 Å². The first-order valence-electron chi connectivity index (χ1n) is 9.83. The molecule has 27 heavy (non-hydrogen) atoms. The van der Waals surface area contributed by atoms with Crippen LogP contribution in [0.3, 0.4) is 0 Å². The van der Waals surface area contributed by atoms with Gasteiger partial charge in [-0.05, 0) is 47.9 Å². The van der Waals surface area contributed by atoms with Gasteiger partial charge < -0.3 is 16.0 Å². The molecule has 4 atom stereocenters. The lowest BCUT2D eigenvalue weighted by Crippen LogP contribution is -2.50. The summed E-state index contributed by atoms with van der Waals surface area (Å²) < 4.78 is 0. The molecule has 1 aliphatic carbocycles. The normalized spacial score (nSPS) is 28.0. The van der Waals surface area contributed by atoms with Crippen molar-refractivity contribution in [3.8, 4) is 0 Å². The summed E-state index contributed by atoms with van der Waals surface area (Å²) in [5.74, 6) is -0.887. The number of nitrogens with two attached hydrogens (primary N) is 1. The quantitative estimate of drug-likeness (QED) is 0.801. The lowest BCUT2D eigenvalue weighted by atomic mass is 9.65. The molecule has 1 aromatic rings. The molecule has 0 bridgehead atoms. The van der Waals surface area contributed by atoms with Crippen molar-refractivity contribution in [1.29, 1.82) is 0 Å². The highest BCUT2D eigenvalue weighted by atomic mass is 16.2. The number of rotatable bonds is 4. The summed E-state index contributed by atoms with van der Waals surface area (Å²) in [5, 5.41) is 3.07. The largest absolute Gasteiger partial charge is 0.378 e. The van der Waals surface area contributed by atoms with Gasteiger partial charge in [-0.3, -0.25) is 9.59 Å². The molecule has 2 aliphatic rings. The zero-order chi connectivity index (χ0) is 19.9. The summed E-state index contributed by atoms with van der Waals surface area (Å²) in [5.41, 5.74) is 10.00. The van der Waals surface area contributed by atoms with Crippen LogP contribution >= 0.6 is 0 Å². The van der Waals surface area contributed by atoms with Crippen molar-refractivity contribution in [2.75, 3.05) is 19.0 Å². The van der Waals surface area contributed by atoms with Crippen LogP contribution in [0.1, 0.15) is 45.1 Å². The molecule has 5 nitrogen and oxygen atoms in total. The minimum atomic E-state index is -0.859. The monoisotopic (exact) mass is 369 g/mol. The Bertz CT molecular complexity index is 764. The van der Waals surface area contributed by atoms with Crippen molar-refractivity contribution >= 4 is 17.5 Å². The zero-order valence-corrected chi connectivity index (χ0v) is 17.0. The predicted octanol–water partition coefficient (Wildman–Crippen LogP) is 3.02. The van der Waals surface area contributed by atoms with Gasteiger partial charge in [0.15, 0.2) is 0 Å². The van der Waals surface area contributed by atoms with Crippen LogP contribution in [0.4, 0.5) is 5.69 Å². The molecule has 1 aromatic carbocycles. The van der Waals surface area contributed by atoms with Gasteiger partial charge in [0.1, 0.15) is 5.92 Å². The zero-order valence-electron chi connectivity index (χ0n) is 17.0. The van der Waals surface area contributed by atoms with Gasteiger partial charge in [-0.1, -0.05) is 32.9 Å². The Kier molecular flexibility index (Phi) is 5.31. The van der Waals surface area contributed by atoms with Crippen molar-refractivity contribution in [1.82, 2.24) is 5.32 Å². The van der Waals surface area contributed by atoms with Crippen LogP contribution in [-0.4, -0.2) is 25.9 Å². The van der Waals surface area contributed by atoms with Crippen LogP contribution in [0.25, 0.3) is 0 Å². The second kappa shape index (κ2) is 7.37. The third-order valence-electron chi connectivity index (χ3n) is 6.21. The SMILES string of the molecule is CC1CCC(C(C)C)C2=C1C(c1ccc(N(C)C)cc1)C(C(N)=O)C(=O)N2. The molecule has 0 radical (unpaired) electrons. The number of nitrogens with one attached hydrogen (secondary N) is 1. The van der Waals surface area contributed by atoms with E-state index in [0.29, 0.717) is 17.8 Å². The van der Waals surface area contributed by atoms with Crippen molar-refractivity contribution in [2.45, 2.75) is 39.5 Å². The molecule has 0 spiro atoms. The second-order valence-corrected chi connectivity index (χ2v) is 8.53. The van der Waals surface area contributed by atoms with E-state index in [2.05, 4.69) is 26.1 Å². The predicted molar refractivity (Wildman–Crippen MR) is 108 cm³/mol.